The van der Waals surface area contributed by atoms with Crippen molar-refractivity contribution in [3.63, 3.8) is 0 Å². The molecule has 0 saturated carbocycles. The van der Waals surface area contributed by atoms with Gasteiger partial charge in [0.2, 0.25) is 0 Å². The molecule has 0 aromatic heterocycles. The zero-order valence-corrected chi connectivity index (χ0v) is 11.1. The average molecular weight is 293 g/mol. The number of rotatable bonds is 3. The van der Waals surface area contributed by atoms with Crippen molar-refractivity contribution in [1.82, 2.24) is 5.32 Å². The summed E-state index contributed by atoms with van der Waals surface area (Å²) in [5, 5.41) is 3.23. The summed E-state index contributed by atoms with van der Waals surface area (Å²) in [6.45, 7) is 0.346. The van der Waals surface area contributed by atoms with Crippen molar-refractivity contribution in [1.29, 1.82) is 0 Å². The second-order valence-corrected chi connectivity index (χ2v) is 5.80. The van der Waals surface area contributed by atoms with E-state index < -0.39 is 17.6 Å². The van der Waals surface area contributed by atoms with Gasteiger partial charge in [-0.25, -0.2) is 4.39 Å². The fourth-order valence-corrected chi connectivity index (χ4v) is 3.17. The largest absolute Gasteiger partial charge is 0.419 e. The number of alkyl halides is 3. The molecule has 0 bridgehead atoms. The summed E-state index contributed by atoms with van der Waals surface area (Å²) < 4.78 is 50.8. The van der Waals surface area contributed by atoms with Crippen LogP contribution in [0.25, 0.3) is 0 Å². The van der Waals surface area contributed by atoms with Crippen LogP contribution in [-0.2, 0) is 12.7 Å². The lowest BCUT2D eigenvalue weighted by Gasteiger charge is -2.22. The topological polar surface area (TPSA) is 12.0 Å². The van der Waals surface area contributed by atoms with Gasteiger partial charge in [0, 0.05) is 12.6 Å². The van der Waals surface area contributed by atoms with Crippen LogP contribution in [0.5, 0.6) is 0 Å². The van der Waals surface area contributed by atoms with Gasteiger partial charge in [-0.1, -0.05) is 6.07 Å². The van der Waals surface area contributed by atoms with Gasteiger partial charge in [-0.15, -0.1) is 0 Å². The van der Waals surface area contributed by atoms with Gasteiger partial charge in [0.15, 0.2) is 0 Å². The molecule has 2 rings (SSSR count). The van der Waals surface area contributed by atoms with Gasteiger partial charge in [0.1, 0.15) is 5.82 Å². The SMILES string of the molecule is Fc1ccc(CNC2CCSCC2)cc1C(F)(F)F. The van der Waals surface area contributed by atoms with Crippen LogP contribution < -0.4 is 5.32 Å². The van der Waals surface area contributed by atoms with E-state index in [1.54, 1.807) is 0 Å². The predicted octanol–water partition coefficient (Wildman–Crippen LogP) is 3.83. The van der Waals surface area contributed by atoms with E-state index in [9.17, 15) is 17.6 Å². The third-order valence-electron chi connectivity index (χ3n) is 3.15. The summed E-state index contributed by atoms with van der Waals surface area (Å²) >= 11 is 1.89. The van der Waals surface area contributed by atoms with Crippen molar-refractivity contribution >= 4 is 11.8 Å². The van der Waals surface area contributed by atoms with E-state index in [4.69, 9.17) is 0 Å². The van der Waals surface area contributed by atoms with E-state index in [0.717, 1.165) is 36.5 Å². The Bertz CT molecular complexity index is 427. The van der Waals surface area contributed by atoms with Crippen LogP contribution in [-0.4, -0.2) is 17.5 Å². The number of thioether (sulfide) groups is 1. The lowest BCUT2D eigenvalue weighted by Crippen LogP contribution is -2.32. The van der Waals surface area contributed by atoms with E-state index in [0.29, 0.717) is 18.2 Å². The predicted molar refractivity (Wildman–Crippen MR) is 68.6 cm³/mol. The molecule has 19 heavy (non-hydrogen) atoms. The summed E-state index contributed by atoms with van der Waals surface area (Å²) in [6.07, 6.45) is -2.59. The highest BCUT2D eigenvalue weighted by Gasteiger charge is 2.34. The summed E-state index contributed by atoms with van der Waals surface area (Å²) in [6, 6.07) is 3.52. The Kier molecular flexibility index (Phi) is 4.73. The molecule has 0 aliphatic carbocycles. The van der Waals surface area contributed by atoms with Crippen LogP contribution in [0.1, 0.15) is 24.0 Å². The minimum Gasteiger partial charge on any atom is -0.310 e. The molecule has 1 heterocycles. The van der Waals surface area contributed by atoms with Gasteiger partial charge in [-0.3, -0.25) is 0 Å². The van der Waals surface area contributed by atoms with Crippen LogP contribution in [0.2, 0.25) is 0 Å². The van der Waals surface area contributed by atoms with Crippen LogP contribution in [0.4, 0.5) is 17.6 Å². The van der Waals surface area contributed by atoms with Gasteiger partial charge >= 0.3 is 6.18 Å². The molecule has 106 valence electrons. The first kappa shape index (κ1) is 14.7. The van der Waals surface area contributed by atoms with Gasteiger partial charge in [0.25, 0.3) is 0 Å². The molecule has 0 atom stereocenters. The van der Waals surface area contributed by atoms with Gasteiger partial charge in [-0.2, -0.15) is 24.9 Å². The fraction of sp³-hybridized carbons (Fsp3) is 0.538. The molecular weight excluding hydrogens is 278 g/mol. The molecule has 0 spiro atoms. The Labute approximate surface area is 113 Å². The maximum absolute atomic E-state index is 13.1. The lowest BCUT2D eigenvalue weighted by molar-refractivity contribution is -0.140. The van der Waals surface area contributed by atoms with Crippen LogP contribution >= 0.6 is 11.8 Å². The number of hydrogen-bond acceptors (Lipinski definition) is 2. The Morgan fingerprint density at radius 3 is 2.53 bits per heavy atom. The minimum absolute atomic E-state index is 0.346. The zero-order chi connectivity index (χ0) is 13.9. The monoisotopic (exact) mass is 293 g/mol. The number of benzene rings is 1. The maximum Gasteiger partial charge on any atom is 0.419 e. The average Bonchev–Trinajstić information content (AvgIpc) is 2.37. The van der Waals surface area contributed by atoms with Crippen molar-refractivity contribution in [2.45, 2.75) is 31.6 Å². The van der Waals surface area contributed by atoms with Crippen LogP contribution in [0.3, 0.4) is 0 Å². The first-order chi connectivity index (χ1) is 8.97. The van der Waals surface area contributed by atoms with Gasteiger partial charge < -0.3 is 5.32 Å². The maximum atomic E-state index is 13.1. The summed E-state index contributed by atoms with van der Waals surface area (Å²) in [5.41, 5.74) is -0.724. The van der Waals surface area contributed by atoms with Crippen molar-refractivity contribution in [3.8, 4) is 0 Å². The summed E-state index contributed by atoms with van der Waals surface area (Å²) in [4.78, 5) is 0. The third kappa shape index (κ3) is 4.11. The normalized spacial score (nSPS) is 17.7. The highest BCUT2D eigenvalue weighted by molar-refractivity contribution is 7.99. The number of hydrogen-bond donors (Lipinski definition) is 1. The van der Waals surface area contributed by atoms with Crippen LogP contribution in [0, 0.1) is 5.82 Å². The lowest BCUT2D eigenvalue weighted by atomic mass is 10.1. The first-order valence-corrected chi connectivity index (χ1v) is 7.29. The second kappa shape index (κ2) is 6.13. The Morgan fingerprint density at radius 2 is 1.89 bits per heavy atom. The first-order valence-electron chi connectivity index (χ1n) is 6.13. The van der Waals surface area contributed by atoms with E-state index in [-0.39, 0.29) is 0 Å². The molecule has 1 nitrogen and oxygen atoms in total. The molecule has 1 aliphatic rings. The Morgan fingerprint density at radius 1 is 1.21 bits per heavy atom. The zero-order valence-electron chi connectivity index (χ0n) is 10.3. The molecule has 0 amide bonds. The third-order valence-corrected chi connectivity index (χ3v) is 4.20. The molecular formula is C13H15F4NS. The second-order valence-electron chi connectivity index (χ2n) is 4.58. The van der Waals surface area contributed by atoms with Crippen molar-refractivity contribution < 1.29 is 17.6 Å². The molecule has 0 radical (unpaired) electrons. The van der Waals surface area contributed by atoms with Gasteiger partial charge in [-0.05, 0) is 42.0 Å². The smallest absolute Gasteiger partial charge is 0.310 e. The fourth-order valence-electron chi connectivity index (χ4n) is 2.06. The molecule has 1 saturated heterocycles. The molecule has 1 fully saturated rings. The Balaban J connectivity index is 2.00. The summed E-state index contributed by atoms with van der Waals surface area (Å²) in [7, 11) is 0. The van der Waals surface area contributed by atoms with Gasteiger partial charge in [0.05, 0.1) is 5.56 Å². The van der Waals surface area contributed by atoms with E-state index in [1.165, 1.54) is 6.07 Å². The molecule has 1 aromatic rings. The highest BCUT2D eigenvalue weighted by Crippen LogP contribution is 2.31. The minimum atomic E-state index is -4.64. The molecule has 6 heteroatoms. The Hall–Kier alpha value is -0.750. The van der Waals surface area contributed by atoms with Crippen molar-refractivity contribution in [3.05, 3.63) is 35.1 Å². The molecule has 1 aliphatic heterocycles. The molecule has 1 aromatic carbocycles. The molecule has 0 unspecified atom stereocenters. The standard InChI is InChI=1S/C13H15F4NS/c14-12-2-1-9(7-11(12)13(15,16)17)8-18-10-3-5-19-6-4-10/h1-2,7,10,18H,3-6,8H2. The van der Waals surface area contributed by atoms with E-state index >= 15 is 0 Å². The summed E-state index contributed by atoms with van der Waals surface area (Å²) in [5.74, 6) is 0.939. The van der Waals surface area contributed by atoms with E-state index in [1.807, 2.05) is 11.8 Å². The number of nitrogens with one attached hydrogen (secondary N) is 1. The quantitative estimate of drug-likeness (QED) is 0.850. The van der Waals surface area contributed by atoms with Crippen molar-refractivity contribution in [2.24, 2.45) is 0 Å². The number of halogens is 4. The van der Waals surface area contributed by atoms with Crippen molar-refractivity contribution in [2.75, 3.05) is 11.5 Å². The molecule has 1 N–H and O–H groups in total. The highest BCUT2D eigenvalue weighted by atomic mass is 32.2. The van der Waals surface area contributed by atoms with E-state index in [2.05, 4.69) is 5.32 Å². The van der Waals surface area contributed by atoms with Crippen LogP contribution in [0.15, 0.2) is 18.2 Å².